The van der Waals surface area contributed by atoms with E-state index in [9.17, 15) is 4.79 Å². The number of hydrogen-bond donors (Lipinski definition) is 1. The van der Waals surface area contributed by atoms with Crippen molar-refractivity contribution in [1.82, 2.24) is 10.2 Å². The second-order valence-electron chi connectivity index (χ2n) is 5.88. The van der Waals surface area contributed by atoms with Gasteiger partial charge in [-0.05, 0) is 35.9 Å². The van der Waals surface area contributed by atoms with Crippen LogP contribution in [0.4, 0.5) is 10.5 Å². The van der Waals surface area contributed by atoms with Crippen molar-refractivity contribution < 1.29 is 4.79 Å². The minimum absolute atomic E-state index is 0.0700. The molecular weight excluding hydrogens is 336 g/mol. The van der Waals surface area contributed by atoms with Crippen molar-refractivity contribution in [3.8, 4) is 6.07 Å². The lowest BCUT2D eigenvalue weighted by molar-refractivity contribution is 0.194. The molecule has 1 aliphatic rings. The Bertz CT molecular complexity index is 777. The highest BCUT2D eigenvalue weighted by molar-refractivity contribution is 6.31. The van der Waals surface area contributed by atoms with Gasteiger partial charge >= 0.3 is 6.03 Å². The van der Waals surface area contributed by atoms with E-state index in [0.717, 1.165) is 24.3 Å². The number of halogens is 1. The third kappa shape index (κ3) is 4.23. The number of urea groups is 1. The summed E-state index contributed by atoms with van der Waals surface area (Å²) in [5.74, 6) is 0. The van der Waals surface area contributed by atoms with E-state index < -0.39 is 0 Å². The van der Waals surface area contributed by atoms with Crippen molar-refractivity contribution in [1.29, 1.82) is 5.26 Å². The highest BCUT2D eigenvalue weighted by Gasteiger charge is 2.21. The Morgan fingerprint density at radius 2 is 1.76 bits per heavy atom. The van der Waals surface area contributed by atoms with Gasteiger partial charge in [0.25, 0.3) is 0 Å². The number of rotatable bonds is 3. The Kier molecular flexibility index (Phi) is 5.42. The summed E-state index contributed by atoms with van der Waals surface area (Å²) in [5.41, 5.74) is 2.64. The number of anilines is 1. The summed E-state index contributed by atoms with van der Waals surface area (Å²) in [5, 5.41) is 12.4. The molecule has 1 aliphatic heterocycles. The standard InChI is InChI=1S/C19H19ClN4O/c20-18-4-2-1-3-16(18)14-22-19(25)24-11-9-23(10-12-24)17-7-5-15(13-21)6-8-17/h1-8H,9-12,14H2,(H,22,25). The SMILES string of the molecule is N#Cc1ccc(N2CCN(C(=O)NCc3ccccc3Cl)CC2)cc1. The minimum Gasteiger partial charge on any atom is -0.368 e. The van der Waals surface area contributed by atoms with E-state index in [1.54, 1.807) is 0 Å². The van der Waals surface area contributed by atoms with Crippen LogP contribution in [0.25, 0.3) is 0 Å². The fourth-order valence-electron chi connectivity index (χ4n) is 2.84. The molecule has 0 saturated carbocycles. The van der Waals surface area contributed by atoms with Gasteiger partial charge in [-0.2, -0.15) is 5.26 Å². The smallest absolute Gasteiger partial charge is 0.317 e. The monoisotopic (exact) mass is 354 g/mol. The van der Waals surface area contributed by atoms with E-state index in [-0.39, 0.29) is 6.03 Å². The number of benzene rings is 2. The molecule has 0 atom stereocenters. The van der Waals surface area contributed by atoms with Crippen molar-refractivity contribution in [3.05, 3.63) is 64.7 Å². The van der Waals surface area contributed by atoms with Crippen molar-refractivity contribution in [3.63, 3.8) is 0 Å². The lowest BCUT2D eigenvalue weighted by Gasteiger charge is -2.36. The van der Waals surface area contributed by atoms with Crippen molar-refractivity contribution in [2.24, 2.45) is 0 Å². The Hall–Kier alpha value is -2.71. The van der Waals surface area contributed by atoms with Crippen LogP contribution in [-0.4, -0.2) is 37.1 Å². The van der Waals surface area contributed by atoms with Crippen LogP contribution in [0.15, 0.2) is 48.5 Å². The molecule has 128 valence electrons. The molecule has 3 rings (SSSR count). The summed E-state index contributed by atoms with van der Waals surface area (Å²) in [6.45, 7) is 3.29. The van der Waals surface area contributed by atoms with Gasteiger partial charge in [0.05, 0.1) is 11.6 Å². The molecular formula is C19H19ClN4O. The van der Waals surface area contributed by atoms with Crippen molar-refractivity contribution in [2.75, 3.05) is 31.1 Å². The average Bonchev–Trinajstić information content (AvgIpc) is 2.67. The Balaban J connectivity index is 1.50. The Morgan fingerprint density at radius 3 is 2.40 bits per heavy atom. The molecule has 0 aliphatic carbocycles. The molecule has 1 saturated heterocycles. The number of piperazine rings is 1. The zero-order valence-corrected chi connectivity index (χ0v) is 14.5. The highest BCUT2D eigenvalue weighted by atomic mass is 35.5. The first-order valence-corrected chi connectivity index (χ1v) is 8.56. The van der Waals surface area contributed by atoms with Gasteiger partial charge in [0, 0.05) is 43.4 Å². The first-order chi connectivity index (χ1) is 12.2. The molecule has 25 heavy (non-hydrogen) atoms. The van der Waals surface area contributed by atoms with Crippen LogP contribution in [0.2, 0.25) is 5.02 Å². The summed E-state index contributed by atoms with van der Waals surface area (Å²) in [4.78, 5) is 16.4. The molecule has 1 N–H and O–H groups in total. The van der Waals surface area contributed by atoms with E-state index >= 15 is 0 Å². The predicted octanol–water partition coefficient (Wildman–Crippen LogP) is 3.24. The maximum Gasteiger partial charge on any atom is 0.317 e. The molecule has 0 aromatic heterocycles. The van der Waals surface area contributed by atoms with Crippen LogP contribution >= 0.6 is 11.6 Å². The molecule has 1 fully saturated rings. The fraction of sp³-hybridized carbons (Fsp3) is 0.263. The van der Waals surface area contributed by atoms with Gasteiger partial charge in [0.1, 0.15) is 0 Å². The van der Waals surface area contributed by atoms with Gasteiger partial charge in [-0.1, -0.05) is 29.8 Å². The molecule has 1 heterocycles. The first kappa shape index (κ1) is 17.1. The van der Waals surface area contributed by atoms with Gasteiger partial charge in [-0.3, -0.25) is 0 Å². The maximum atomic E-state index is 12.3. The molecule has 0 spiro atoms. The molecule has 2 amide bonds. The fourth-order valence-corrected chi connectivity index (χ4v) is 3.04. The van der Waals surface area contributed by atoms with Crippen LogP contribution in [0.1, 0.15) is 11.1 Å². The van der Waals surface area contributed by atoms with E-state index in [0.29, 0.717) is 30.2 Å². The number of amides is 2. The number of nitrogens with zero attached hydrogens (tertiary/aromatic N) is 3. The number of carbonyl (C=O) groups is 1. The normalized spacial score (nSPS) is 14.1. The van der Waals surface area contributed by atoms with E-state index in [2.05, 4.69) is 16.3 Å². The van der Waals surface area contributed by atoms with Crippen LogP contribution < -0.4 is 10.2 Å². The zero-order valence-electron chi connectivity index (χ0n) is 13.8. The molecule has 6 heteroatoms. The average molecular weight is 355 g/mol. The zero-order chi connectivity index (χ0) is 17.6. The van der Waals surface area contributed by atoms with E-state index in [1.165, 1.54) is 0 Å². The van der Waals surface area contributed by atoms with Gasteiger partial charge < -0.3 is 15.1 Å². The van der Waals surface area contributed by atoms with Gasteiger partial charge in [0.2, 0.25) is 0 Å². The third-order valence-corrected chi connectivity index (χ3v) is 4.69. The lowest BCUT2D eigenvalue weighted by atomic mass is 10.2. The molecule has 2 aromatic rings. The third-order valence-electron chi connectivity index (χ3n) is 4.32. The molecule has 0 radical (unpaired) electrons. The van der Waals surface area contributed by atoms with E-state index in [1.807, 2.05) is 53.4 Å². The molecule has 0 unspecified atom stereocenters. The molecule has 0 bridgehead atoms. The molecule has 2 aromatic carbocycles. The van der Waals surface area contributed by atoms with E-state index in [4.69, 9.17) is 16.9 Å². The summed E-state index contributed by atoms with van der Waals surface area (Å²) in [6.07, 6.45) is 0. The lowest BCUT2D eigenvalue weighted by Crippen LogP contribution is -2.51. The number of carbonyl (C=O) groups excluding carboxylic acids is 1. The maximum absolute atomic E-state index is 12.3. The second kappa shape index (κ2) is 7.91. The summed E-state index contributed by atoms with van der Waals surface area (Å²) >= 11 is 6.11. The van der Waals surface area contributed by atoms with Crippen LogP contribution in [0.3, 0.4) is 0 Å². The van der Waals surface area contributed by atoms with Crippen LogP contribution in [0.5, 0.6) is 0 Å². The van der Waals surface area contributed by atoms with Crippen LogP contribution in [-0.2, 0) is 6.54 Å². The Labute approximate surface area is 152 Å². The van der Waals surface area contributed by atoms with Gasteiger partial charge in [0.15, 0.2) is 0 Å². The first-order valence-electron chi connectivity index (χ1n) is 8.18. The summed E-state index contributed by atoms with van der Waals surface area (Å²) < 4.78 is 0. The quantitative estimate of drug-likeness (QED) is 0.920. The van der Waals surface area contributed by atoms with Crippen molar-refractivity contribution >= 4 is 23.3 Å². The number of nitriles is 1. The summed E-state index contributed by atoms with van der Waals surface area (Å²) in [7, 11) is 0. The number of nitrogens with one attached hydrogen (secondary N) is 1. The Morgan fingerprint density at radius 1 is 1.08 bits per heavy atom. The topological polar surface area (TPSA) is 59.4 Å². The number of hydrogen-bond acceptors (Lipinski definition) is 3. The van der Waals surface area contributed by atoms with Gasteiger partial charge in [-0.25, -0.2) is 4.79 Å². The van der Waals surface area contributed by atoms with Crippen molar-refractivity contribution in [2.45, 2.75) is 6.54 Å². The predicted molar refractivity (Wildman–Crippen MR) is 98.6 cm³/mol. The largest absolute Gasteiger partial charge is 0.368 e. The minimum atomic E-state index is -0.0700. The summed E-state index contributed by atoms with van der Waals surface area (Å²) in [6, 6.07) is 17.1. The second-order valence-corrected chi connectivity index (χ2v) is 6.29. The molecule has 5 nitrogen and oxygen atoms in total. The van der Waals surface area contributed by atoms with Gasteiger partial charge in [-0.15, -0.1) is 0 Å². The van der Waals surface area contributed by atoms with Crippen LogP contribution in [0, 0.1) is 11.3 Å². The highest BCUT2D eigenvalue weighted by Crippen LogP contribution is 2.18.